The van der Waals surface area contributed by atoms with E-state index in [-0.39, 0.29) is 17.7 Å². The highest BCUT2D eigenvalue weighted by atomic mass is 32.1. The minimum atomic E-state index is -0.0457. The minimum absolute atomic E-state index is 0.00768. The summed E-state index contributed by atoms with van der Waals surface area (Å²) in [6.07, 6.45) is 3.31. The Morgan fingerprint density at radius 1 is 1.11 bits per heavy atom. The molecule has 1 saturated heterocycles. The molecule has 0 radical (unpaired) electrons. The summed E-state index contributed by atoms with van der Waals surface area (Å²) in [6, 6.07) is 7.74. The second-order valence-corrected chi connectivity index (χ2v) is 7.80. The molecule has 1 aliphatic rings. The summed E-state index contributed by atoms with van der Waals surface area (Å²) in [5, 5.41) is 2.83. The number of hydrogen-bond acceptors (Lipinski definition) is 5. The van der Waals surface area contributed by atoms with Gasteiger partial charge in [0.2, 0.25) is 11.8 Å². The van der Waals surface area contributed by atoms with Crippen molar-refractivity contribution < 1.29 is 14.3 Å². The van der Waals surface area contributed by atoms with Gasteiger partial charge in [-0.05, 0) is 30.3 Å². The van der Waals surface area contributed by atoms with Gasteiger partial charge in [0.1, 0.15) is 10.8 Å². The zero-order chi connectivity index (χ0) is 20.1. The maximum absolute atomic E-state index is 12.4. The van der Waals surface area contributed by atoms with Crippen molar-refractivity contribution in [3.05, 3.63) is 41.4 Å². The van der Waals surface area contributed by atoms with Crippen LogP contribution in [-0.2, 0) is 9.59 Å². The molecule has 1 aromatic carbocycles. The third-order valence-corrected chi connectivity index (χ3v) is 5.56. The van der Waals surface area contributed by atoms with Gasteiger partial charge in [-0.2, -0.15) is 0 Å². The van der Waals surface area contributed by atoms with E-state index in [2.05, 4.69) is 4.98 Å². The van der Waals surface area contributed by atoms with E-state index in [0.29, 0.717) is 26.2 Å². The van der Waals surface area contributed by atoms with Gasteiger partial charge in [0.15, 0.2) is 0 Å². The van der Waals surface area contributed by atoms with Crippen LogP contribution >= 0.6 is 11.3 Å². The molecule has 3 rings (SSSR count). The van der Waals surface area contributed by atoms with Crippen molar-refractivity contribution in [2.45, 2.75) is 13.8 Å². The molecule has 0 unspecified atom stereocenters. The number of amides is 2. The lowest BCUT2D eigenvalue weighted by atomic mass is 10.1. The first-order valence-electron chi connectivity index (χ1n) is 9.33. The molecule has 148 valence electrons. The van der Waals surface area contributed by atoms with E-state index >= 15 is 0 Å². The monoisotopic (exact) mass is 399 g/mol. The van der Waals surface area contributed by atoms with E-state index in [1.54, 1.807) is 24.2 Å². The molecule has 7 heteroatoms. The number of ether oxygens (including phenoxy) is 1. The fourth-order valence-electron chi connectivity index (χ4n) is 3.00. The zero-order valence-corrected chi connectivity index (χ0v) is 17.2. The topological polar surface area (TPSA) is 62.7 Å². The van der Waals surface area contributed by atoms with Gasteiger partial charge in [-0.15, -0.1) is 11.3 Å². The number of benzene rings is 1. The highest BCUT2D eigenvalue weighted by Crippen LogP contribution is 2.26. The molecule has 2 amide bonds. The summed E-state index contributed by atoms with van der Waals surface area (Å²) in [4.78, 5) is 32.6. The Balaban J connectivity index is 1.56. The van der Waals surface area contributed by atoms with Crippen molar-refractivity contribution in [1.82, 2.24) is 14.8 Å². The first kappa shape index (κ1) is 20.1. The van der Waals surface area contributed by atoms with Crippen LogP contribution in [0.3, 0.4) is 0 Å². The summed E-state index contributed by atoms with van der Waals surface area (Å²) in [5.41, 5.74) is 1.78. The van der Waals surface area contributed by atoms with Gasteiger partial charge >= 0.3 is 0 Å². The van der Waals surface area contributed by atoms with Crippen LogP contribution in [0, 0.1) is 5.92 Å². The summed E-state index contributed by atoms with van der Waals surface area (Å²) in [6.45, 7) is 6.11. The van der Waals surface area contributed by atoms with Gasteiger partial charge in [0.05, 0.1) is 12.8 Å². The number of nitrogens with zero attached hydrogens (tertiary/aromatic N) is 3. The minimum Gasteiger partial charge on any atom is -0.497 e. The Morgan fingerprint density at radius 3 is 2.36 bits per heavy atom. The molecular weight excluding hydrogens is 374 g/mol. The molecular formula is C21H25N3O3S. The molecule has 0 aliphatic carbocycles. The average Bonchev–Trinajstić information content (AvgIpc) is 3.20. The number of piperazine rings is 1. The van der Waals surface area contributed by atoms with Crippen molar-refractivity contribution in [3.8, 4) is 16.3 Å². The average molecular weight is 400 g/mol. The lowest BCUT2D eigenvalue weighted by molar-refractivity contribution is -0.139. The van der Waals surface area contributed by atoms with Gasteiger partial charge in [-0.25, -0.2) is 4.98 Å². The summed E-state index contributed by atoms with van der Waals surface area (Å²) in [7, 11) is 1.64. The largest absolute Gasteiger partial charge is 0.497 e. The lowest BCUT2D eigenvalue weighted by Crippen LogP contribution is -2.51. The highest BCUT2D eigenvalue weighted by molar-refractivity contribution is 7.13. The summed E-state index contributed by atoms with van der Waals surface area (Å²) < 4.78 is 5.17. The molecule has 2 heterocycles. The number of carbonyl (C=O) groups is 2. The van der Waals surface area contributed by atoms with Crippen LogP contribution in [0.2, 0.25) is 0 Å². The molecule has 0 spiro atoms. The van der Waals surface area contributed by atoms with E-state index in [0.717, 1.165) is 22.0 Å². The Hall–Kier alpha value is -2.67. The first-order chi connectivity index (χ1) is 13.5. The highest BCUT2D eigenvalue weighted by Gasteiger charge is 2.24. The first-order valence-corrected chi connectivity index (χ1v) is 10.2. The number of thiazole rings is 1. The van der Waals surface area contributed by atoms with Gasteiger partial charge in [-0.1, -0.05) is 13.8 Å². The van der Waals surface area contributed by atoms with Crippen molar-refractivity contribution in [1.29, 1.82) is 0 Å². The van der Waals surface area contributed by atoms with Crippen LogP contribution in [0.5, 0.6) is 5.75 Å². The predicted octanol–water partition coefficient (Wildman–Crippen LogP) is 3.16. The summed E-state index contributed by atoms with van der Waals surface area (Å²) >= 11 is 1.54. The van der Waals surface area contributed by atoms with Gasteiger partial charge in [-0.3, -0.25) is 9.59 Å². The quantitative estimate of drug-likeness (QED) is 0.725. The Kier molecular flexibility index (Phi) is 6.46. The number of aromatic nitrogens is 1. The smallest absolute Gasteiger partial charge is 0.246 e. The second-order valence-electron chi connectivity index (χ2n) is 6.94. The van der Waals surface area contributed by atoms with Crippen molar-refractivity contribution in [2.24, 2.45) is 5.92 Å². The van der Waals surface area contributed by atoms with Crippen LogP contribution in [0.15, 0.2) is 35.7 Å². The van der Waals surface area contributed by atoms with E-state index in [9.17, 15) is 9.59 Å². The van der Waals surface area contributed by atoms with Crippen LogP contribution in [0.4, 0.5) is 0 Å². The molecule has 0 saturated carbocycles. The molecule has 2 aromatic rings. The molecule has 0 N–H and O–H groups in total. The number of methoxy groups -OCH3 is 1. The molecule has 0 bridgehead atoms. The number of carbonyl (C=O) groups excluding carboxylic acids is 2. The van der Waals surface area contributed by atoms with Crippen molar-refractivity contribution in [3.63, 3.8) is 0 Å². The number of hydrogen-bond donors (Lipinski definition) is 0. The van der Waals surface area contributed by atoms with Crippen LogP contribution in [0.25, 0.3) is 16.6 Å². The Labute approximate surface area is 169 Å². The molecule has 1 aliphatic heterocycles. The third-order valence-electron chi connectivity index (χ3n) is 4.65. The van der Waals surface area contributed by atoms with E-state index in [4.69, 9.17) is 4.74 Å². The normalized spacial score (nSPS) is 14.7. The Bertz CT molecular complexity index is 850. The molecule has 28 heavy (non-hydrogen) atoms. The van der Waals surface area contributed by atoms with E-state index in [1.165, 1.54) is 11.3 Å². The second kappa shape index (κ2) is 9.01. The molecule has 6 nitrogen and oxygen atoms in total. The van der Waals surface area contributed by atoms with Crippen LogP contribution in [0.1, 0.15) is 19.5 Å². The van der Waals surface area contributed by atoms with E-state index in [1.807, 2.05) is 48.4 Å². The summed E-state index contributed by atoms with van der Waals surface area (Å²) in [5.74, 6) is 0.903. The standard InChI is InChI=1S/C21H25N3O3S/c1-15(2)21(26)24-12-10-23(11-13-24)19(25)9-6-17-14-28-20(22-17)16-4-7-18(27-3)8-5-16/h4-9,14-15H,10-13H2,1-3H3/b9-6+. The van der Waals surface area contributed by atoms with Gasteiger partial charge in [0, 0.05) is 49.1 Å². The molecule has 1 fully saturated rings. The molecule has 1 aromatic heterocycles. The van der Waals surface area contributed by atoms with Crippen molar-refractivity contribution in [2.75, 3.05) is 33.3 Å². The predicted molar refractivity (Wildman–Crippen MR) is 111 cm³/mol. The molecule has 0 atom stereocenters. The Morgan fingerprint density at radius 2 is 1.75 bits per heavy atom. The fraction of sp³-hybridized carbons (Fsp3) is 0.381. The van der Waals surface area contributed by atoms with Gasteiger partial charge in [0.25, 0.3) is 0 Å². The fourth-order valence-corrected chi connectivity index (χ4v) is 3.80. The maximum atomic E-state index is 12.4. The maximum Gasteiger partial charge on any atom is 0.246 e. The van der Waals surface area contributed by atoms with Gasteiger partial charge < -0.3 is 14.5 Å². The van der Waals surface area contributed by atoms with E-state index < -0.39 is 0 Å². The van der Waals surface area contributed by atoms with Crippen molar-refractivity contribution >= 4 is 29.2 Å². The number of rotatable bonds is 5. The zero-order valence-electron chi connectivity index (χ0n) is 16.4. The SMILES string of the molecule is COc1ccc(-c2nc(/C=C/C(=O)N3CCN(C(=O)C(C)C)CC3)cs2)cc1. The van der Waals surface area contributed by atoms with Crippen LogP contribution < -0.4 is 4.74 Å². The third kappa shape index (κ3) is 4.78. The lowest BCUT2D eigenvalue weighted by Gasteiger charge is -2.35. The van der Waals surface area contributed by atoms with Crippen LogP contribution in [-0.4, -0.2) is 59.9 Å².